The fourth-order valence-corrected chi connectivity index (χ4v) is 9.08. The van der Waals surface area contributed by atoms with Crippen molar-refractivity contribution in [3.8, 4) is 22.3 Å². The Bertz CT molecular complexity index is 3110. The maximum Gasteiger partial charge on any atom is 0.333 e. The Morgan fingerprint density at radius 2 is 0.962 bits per heavy atom. The summed E-state index contributed by atoms with van der Waals surface area (Å²) >= 11 is 0. The number of para-hydroxylation sites is 5. The van der Waals surface area contributed by atoms with Crippen molar-refractivity contribution < 1.29 is 8.83 Å². The molecule has 0 saturated heterocycles. The van der Waals surface area contributed by atoms with Gasteiger partial charge in [0.2, 0.25) is 0 Å². The molecule has 4 nitrogen and oxygen atoms in total. The van der Waals surface area contributed by atoms with E-state index in [-0.39, 0.29) is 6.85 Å². The Balaban J connectivity index is 1.20. The van der Waals surface area contributed by atoms with Crippen molar-refractivity contribution in [1.29, 1.82) is 0 Å². The van der Waals surface area contributed by atoms with Crippen molar-refractivity contribution in [3.63, 3.8) is 0 Å². The number of benzene rings is 8. The monoisotopic (exact) mass is 676 g/mol. The van der Waals surface area contributed by atoms with Gasteiger partial charge < -0.3 is 18.5 Å². The van der Waals surface area contributed by atoms with E-state index < -0.39 is 0 Å². The van der Waals surface area contributed by atoms with E-state index in [1.807, 2.05) is 6.07 Å². The van der Waals surface area contributed by atoms with Gasteiger partial charge >= 0.3 is 6.85 Å². The van der Waals surface area contributed by atoms with Crippen molar-refractivity contribution in [1.82, 2.24) is 0 Å². The van der Waals surface area contributed by atoms with Crippen LogP contribution in [0.4, 0.5) is 28.4 Å². The van der Waals surface area contributed by atoms with E-state index in [0.29, 0.717) is 0 Å². The second kappa shape index (κ2) is 10.8. The van der Waals surface area contributed by atoms with Crippen LogP contribution in [0.25, 0.3) is 66.1 Å². The summed E-state index contributed by atoms with van der Waals surface area (Å²) in [4.78, 5) is 4.98. The summed E-state index contributed by atoms with van der Waals surface area (Å²) in [7, 11) is 0. The molecule has 2 aliphatic heterocycles. The van der Waals surface area contributed by atoms with E-state index >= 15 is 0 Å². The van der Waals surface area contributed by atoms with E-state index in [4.69, 9.17) is 8.83 Å². The highest BCUT2D eigenvalue weighted by molar-refractivity contribution is 6.93. The third kappa shape index (κ3) is 3.91. The molecule has 4 heterocycles. The average Bonchev–Trinajstić information content (AvgIpc) is 3.80. The first-order chi connectivity index (χ1) is 26.3. The zero-order chi connectivity index (χ0) is 34.6. The second-order valence-electron chi connectivity index (χ2n) is 14.0. The molecule has 0 atom stereocenters. The van der Waals surface area contributed by atoms with E-state index in [1.165, 1.54) is 22.1 Å². The van der Waals surface area contributed by atoms with Crippen LogP contribution in [-0.2, 0) is 0 Å². The third-order valence-corrected chi connectivity index (χ3v) is 11.3. The van der Waals surface area contributed by atoms with Crippen molar-refractivity contribution in [3.05, 3.63) is 176 Å². The molecule has 0 radical (unpaired) electrons. The summed E-state index contributed by atoms with van der Waals surface area (Å²) in [5.74, 6) is 0. The molecule has 0 N–H and O–H groups in total. The number of anilines is 5. The highest BCUT2D eigenvalue weighted by Gasteiger charge is 2.46. The molecule has 0 saturated carbocycles. The first kappa shape index (κ1) is 28.7. The first-order valence-corrected chi connectivity index (χ1v) is 18.1. The molecule has 2 aromatic heterocycles. The van der Waals surface area contributed by atoms with Gasteiger partial charge in [-0.3, -0.25) is 0 Å². The molecule has 8 aromatic carbocycles. The van der Waals surface area contributed by atoms with E-state index in [1.54, 1.807) is 0 Å². The molecule has 0 spiro atoms. The zero-order valence-corrected chi connectivity index (χ0v) is 28.5. The van der Waals surface area contributed by atoms with Crippen molar-refractivity contribution in [2.24, 2.45) is 0 Å². The summed E-state index contributed by atoms with van der Waals surface area (Å²) in [5.41, 5.74) is 16.2. The Kier molecular flexibility index (Phi) is 5.83. The summed E-state index contributed by atoms with van der Waals surface area (Å²) in [6.07, 6.45) is 0. The Labute approximate surface area is 305 Å². The lowest BCUT2D eigenvalue weighted by Crippen LogP contribution is -2.61. The van der Waals surface area contributed by atoms with Crippen molar-refractivity contribution in [2.45, 2.75) is 0 Å². The number of nitrogens with zero attached hydrogens (tertiary/aromatic N) is 2. The zero-order valence-electron chi connectivity index (χ0n) is 28.5. The van der Waals surface area contributed by atoms with Crippen LogP contribution < -0.4 is 20.6 Å². The van der Waals surface area contributed by atoms with Gasteiger partial charge in [-0.05, 0) is 64.5 Å². The van der Waals surface area contributed by atoms with E-state index in [9.17, 15) is 0 Å². The largest absolute Gasteiger partial charge is 0.454 e. The number of hydrogen-bond donors (Lipinski definition) is 0. The van der Waals surface area contributed by atoms with Gasteiger partial charge in [0, 0.05) is 49.7 Å². The maximum absolute atomic E-state index is 6.93. The lowest BCUT2D eigenvalue weighted by molar-refractivity contribution is 0.669. The molecule has 5 heteroatoms. The fourth-order valence-electron chi connectivity index (χ4n) is 9.08. The van der Waals surface area contributed by atoms with Crippen molar-refractivity contribution in [2.75, 3.05) is 9.71 Å². The number of furan rings is 2. The SMILES string of the molecule is c1ccc(-c2ccc3c(oc4ccccc43)c2N2B3c4ccccc4N(c4cccc5c4oc4ccccc45)c4cccc(c43)-c3ccccc32)cc1. The van der Waals surface area contributed by atoms with Gasteiger partial charge in [0.05, 0.1) is 11.4 Å². The van der Waals surface area contributed by atoms with E-state index in [0.717, 1.165) is 83.4 Å². The molecule has 53 heavy (non-hydrogen) atoms. The van der Waals surface area contributed by atoms with Gasteiger partial charge in [0.15, 0.2) is 11.2 Å². The molecule has 0 aliphatic carbocycles. The third-order valence-electron chi connectivity index (χ3n) is 11.3. The molecule has 0 unspecified atom stereocenters. The molecule has 0 bridgehead atoms. The molecule has 0 fully saturated rings. The topological polar surface area (TPSA) is 32.8 Å². The van der Waals surface area contributed by atoms with Crippen LogP contribution in [0.5, 0.6) is 0 Å². The standard InChI is InChI=1S/C48H29BN2O2/c1-2-14-30(15-3-1)31-28-29-37-34-18-6-11-27-44(34)53-48(37)46(31)51-39-22-8-4-16-32(39)35-19-12-24-41-45(35)49(51)38-21-7-9-23-40(38)50(41)42-25-13-20-36-33-17-5-10-26-43(33)52-47(36)42/h1-29H. The Morgan fingerprint density at radius 1 is 0.377 bits per heavy atom. The van der Waals surface area contributed by atoms with Gasteiger partial charge in [0.25, 0.3) is 0 Å². The van der Waals surface area contributed by atoms with Crippen LogP contribution in [0.2, 0.25) is 0 Å². The molecule has 246 valence electrons. The fraction of sp³-hybridized carbons (Fsp3) is 0. The predicted octanol–water partition coefficient (Wildman–Crippen LogP) is 11.9. The average molecular weight is 677 g/mol. The quantitative estimate of drug-likeness (QED) is 0.174. The van der Waals surface area contributed by atoms with E-state index in [2.05, 4.69) is 180 Å². The smallest absolute Gasteiger partial charge is 0.333 e. The molecule has 2 aliphatic rings. The van der Waals surface area contributed by atoms with Crippen LogP contribution in [0.3, 0.4) is 0 Å². The van der Waals surface area contributed by atoms with Gasteiger partial charge in [0.1, 0.15) is 11.2 Å². The summed E-state index contributed by atoms with van der Waals surface area (Å²) in [6, 6.07) is 62.9. The van der Waals surface area contributed by atoms with Crippen LogP contribution in [0.1, 0.15) is 0 Å². The number of hydrogen-bond acceptors (Lipinski definition) is 4. The highest BCUT2D eigenvalue weighted by atomic mass is 16.3. The lowest BCUT2D eigenvalue weighted by atomic mass is 9.43. The highest BCUT2D eigenvalue weighted by Crippen LogP contribution is 2.51. The van der Waals surface area contributed by atoms with Crippen molar-refractivity contribution >= 4 is 90.1 Å². The first-order valence-electron chi connectivity index (χ1n) is 18.1. The molecule has 10 aromatic rings. The summed E-state index contributed by atoms with van der Waals surface area (Å²) in [6.45, 7) is -0.153. The minimum absolute atomic E-state index is 0.153. The van der Waals surface area contributed by atoms with Crippen LogP contribution in [-0.4, -0.2) is 6.85 Å². The normalized spacial score (nSPS) is 13.2. The number of fused-ring (bicyclic) bond motifs is 10. The predicted molar refractivity (Wildman–Crippen MR) is 220 cm³/mol. The van der Waals surface area contributed by atoms with Gasteiger partial charge in [-0.25, -0.2) is 0 Å². The number of rotatable bonds is 3. The van der Waals surface area contributed by atoms with Crippen LogP contribution in [0, 0.1) is 0 Å². The lowest BCUT2D eigenvalue weighted by Gasteiger charge is -2.45. The van der Waals surface area contributed by atoms with Gasteiger partial charge in [-0.15, -0.1) is 0 Å². The molecule has 0 amide bonds. The van der Waals surface area contributed by atoms with Crippen LogP contribution in [0.15, 0.2) is 185 Å². The Morgan fingerprint density at radius 3 is 1.79 bits per heavy atom. The second-order valence-corrected chi connectivity index (χ2v) is 14.0. The molecular weight excluding hydrogens is 647 g/mol. The van der Waals surface area contributed by atoms with Gasteiger partial charge in [-0.2, -0.15) is 0 Å². The Hall–Kier alpha value is -6.98. The van der Waals surface area contributed by atoms with Crippen LogP contribution >= 0.6 is 0 Å². The molecular formula is C48H29BN2O2. The summed E-state index contributed by atoms with van der Waals surface area (Å²) in [5, 5.41) is 4.45. The maximum atomic E-state index is 6.93. The van der Waals surface area contributed by atoms with Gasteiger partial charge in [-0.1, -0.05) is 133 Å². The molecule has 12 rings (SSSR count). The summed E-state index contributed by atoms with van der Waals surface area (Å²) < 4.78 is 13.6. The minimum atomic E-state index is -0.153. The minimum Gasteiger partial charge on any atom is -0.454 e.